The van der Waals surface area contributed by atoms with Crippen LogP contribution < -0.4 is 10.2 Å². The number of nitrogens with one attached hydrogen (secondary N) is 1. The number of nitrogens with zero attached hydrogens (tertiary/aromatic N) is 1. The van der Waals surface area contributed by atoms with Crippen LogP contribution in [-0.2, 0) is 4.79 Å². The molecule has 0 aliphatic heterocycles. The van der Waals surface area contributed by atoms with E-state index in [1.807, 2.05) is 5.38 Å². The van der Waals surface area contributed by atoms with Crippen LogP contribution in [0, 0.1) is 5.82 Å². The van der Waals surface area contributed by atoms with Crippen molar-refractivity contribution >= 4 is 44.8 Å². The van der Waals surface area contributed by atoms with E-state index in [-0.39, 0.29) is 30.5 Å². The van der Waals surface area contributed by atoms with E-state index in [9.17, 15) is 14.0 Å². The van der Waals surface area contributed by atoms with Gasteiger partial charge in [0.15, 0.2) is 0 Å². The maximum atomic E-state index is 13.8. The quantitative estimate of drug-likeness (QED) is 0.858. The largest absolute Gasteiger partial charge is 0.351 e. The molecule has 1 heterocycles. The second-order valence-corrected chi connectivity index (χ2v) is 6.26. The number of benzene rings is 1. The van der Waals surface area contributed by atoms with E-state index >= 15 is 0 Å². The first-order valence-corrected chi connectivity index (χ1v) is 8.24. The Bertz CT molecular complexity index is 676. The van der Waals surface area contributed by atoms with Gasteiger partial charge in [0.2, 0.25) is 5.91 Å². The Morgan fingerprint density at radius 2 is 2.14 bits per heavy atom. The van der Waals surface area contributed by atoms with Crippen LogP contribution in [0.2, 0.25) is 0 Å². The van der Waals surface area contributed by atoms with Crippen LogP contribution >= 0.6 is 27.3 Å². The van der Waals surface area contributed by atoms with Gasteiger partial charge in [-0.3, -0.25) is 9.59 Å². The SMILES string of the molecule is CN(C(=O)CCNC(=O)c1ccsc1)c1ccc(Br)cc1F. The van der Waals surface area contributed by atoms with Crippen LogP contribution in [0.5, 0.6) is 0 Å². The third-order valence-corrected chi connectivity index (χ3v) is 4.23. The molecule has 0 spiro atoms. The fourth-order valence-electron chi connectivity index (χ4n) is 1.83. The Morgan fingerprint density at radius 1 is 1.36 bits per heavy atom. The molecule has 1 N–H and O–H groups in total. The predicted molar refractivity (Wildman–Crippen MR) is 88.8 cm³/mol. The molecule has 2 amide bonds. The smallest absolute Gasteiger partial charge is 0.252 e. The number of carbonyl (C=O) groups excluding carboxylic acids is 2. The highest BCUT2D eigenvalue weighted by Crippen LogP contribution is 2.22. The summed E-state index contributed by atoms with van der Waals surface area (Å²) in [6.07, 6.45) is 0.0991. The normalized spacial score (nSPS) is 10.3. The molecule has 7 heteroatoms. The van der Waals surface area contributed by atoms with E-state index in [4.69, 9.17) is 0 Å². The van der Waals surface area contributed by atoms with Gasteiger partial charge in [-0.25, -0.2) is 4.39 Å². The number of halogens is 2. The lowest BCUT2D eigenvalue weighted by Crippen LogP contribution is -2.32. The monoisotopic (exact) mass is 384 g/mol. The summed E-state index contributed by atoms with van der Waals surface area (Å²) in [7, 11) is 1.51. The molecule has 0 fully saturated rings. The number of anilines is 1. The molecule has 0 saturated heterocycles. The molecule has 116 valence electrons. The van der Waals surface area contributed by atoms with Gasteiger partial charge in [-0.05, 0) is 29.6 Å². The number of rotatable bonds is 5. The van der Waals surface area contributed by atoms with Crippen molar-refractivity contribution in [3.05, 3.63) is 50.9 Å². The average molecular weight is 385 g/mol. The summed E-state index contributed by atoms with van der Waals surface area (Å²) in [5.74, 6) is -0.967. The van der Waals surface area contributed by atoms with Gasteiger partial charge in [0, 0.05) is 35.4 Å². The Kier molecular flexibility index (Phi) is 5.68. The Balaban J connectivity index is 1.88. The molecule has 0 unspecified atom stereocenters. The fourth-order valence-corrected chi connectivity index (χ4v) is 2.80. The van der Waals surface area contributed by atoms with Gasteiger partial charge >= 0.3 is 0 Å². The first-order chi connectivity index (χ1) is 10.5. The molecule has 0 aliphatic carbocycles. The van der Waals surface area contributed by atoms with E-state index in [2.05, 4.69) is 21.2 Å². The topological polar surface area (TPSA) is 49.4 Å². The number of carbonyl (C=O) groups is 2. The summed E-state index contributed by atoms with van der Waals surface area (Å²) in [5, 5.41) is 6.21. The first kappa shape index (κ1) is 16.6. The summed E-state index contributed by atoms with van der Waals surface area (Å²) in [6.45, 7) is 0.204. The lowest BCUT2D eigenvalue weighted by Gasteiger charge is -2.18. The van der Waals surface area contributed by atoms with E-state index in [1.54, 1.807) is 17.5 Å². The lowest BCUT2D eigenvalue weighted by atomic mass is 10.2. The predicted octanol–water partition coefficient (Wildman–Crippen LogP) is 3.43. The van der Waals surface area contributed by atoms with Crippen LogP contribution in [0.1, 0.15) is 16.8 Å². The standard InChI is InChI=1S/C15H14BrFN2O2S/c1-19(13-3-2-11(16)8-12(13)17)14(20)4-6-18-15(21)10-5-7-22-9-10/h2-3,5,7-9H,4,6H2,1H3,(H,18,21). The minimum absolute atomic E-state index is 0.0991. The molecule has 0 bridgehead atoms. The van der Waals surface area contributed by atoms with Crippen molar-refractivity contribution in [3.63, 3.8) is 0 Å². The van der Waals surface area contributed by atoms with Crippen molar-refractivity contribution in [2.24, 2.45) is 0 Å². The molecule has 1 aromatic carbocycles. The third-order valence-electron chi connectivity index (χ3n) is 3.05. The number of thiophene rings is 1. The van der Waals surface area contributed by atoms with Crippen LogP contribution in [0.4, 0.5) is 10.1 Å². The van der Waals surface area contributed by atoms with Crippen molar-refractivity contribution in [3.8, 4) is 0 Å². The van der Waals surface area contributed by atoms with Crippen LogP contribution in [-0.4, -0.2) is 25.4 Å². The maximum Gasteiger partial charge on any atom is 0.252 e. The minimum Gasteiger partial charge on any atom is -0.351 e. The van der Waals surface area contributed by atoms with Gasteiger partial charge in [0.25, 0.3) is 5.91 Å². The molecular formula is C15H14BrFN2O2S. The zero-order chi connectivity index (χ0) is 16.1. The Labute approximate surface area is 140 Å². The Morgan fingerprint density at radius 3 is 2.77 bits per heavy atom. The Hall–Kier alpha value is -1.73. The zero-order valence-electron chi connectivity index (χ0n) is 11.8. The second-order valence-electron chi connectivity index (χ2n) is 4.57. The van der Waals surface area contributed by atoms with Gasteiger partial charge in [0.05, 0.1) is 5.69 Å². The highest BCUT2D eigenvalue weighted by molar-refractivity contribution is 9.10. The zero-order valence-corrected chi connectivity index (χ0v) is 14.2. The van der Waals surface area contributed by atoms with Crippen molar-refractivity contribution in [1.82, 2.24) is 5.32 Å². The van der Waals surface area contributed by atoms with E-state index in [0.717, 1.165) is 0 Å². The highest BCUT2D eigenvalue weighted by atomic mass is 79.9. The lowest BCUT2D eigenvalue weighted by molar-refractivity contribution is -0.118. The summed E-state index contributed by atoms with van der Waals surface area (Å²) < 4.78 is 14.4. The molecule has 0 radical (unpaired) electrons. The fraction of sp³-hybridized carbons (Fsp3) is 0.200. The van der Waals surface area contributed by atoms with E-state index in [1.165, 1.54) is 35.4 Å². The molecule has 0 saturated carbocycles. The minimum atomic E-state index is -0.479. The third kappa shape index (κ3) is 4.14. The first-order valence-electron chi connectivity index (χ1n) is 6.51. The van der Waals surface area contributed by atoms with Crippen molar-refractivity contribution in [2.75, 3.05) is 18.5 Å². The van der Waals surface area contributed by atoms with Crippen molar-refractivity contribution in [1.29, 1.82) is 0 Å². The maximum absolute atomic E-state index is 13.8. The second kappa shape index (κ2) is 7.51. The molecule has 0 aliphatic rings. The number of hydrogen-bond donors (Lipinski definition) is 1. The molecule has 2 rings (SSSR count). The van der Waals surface area contributed by atoms with Crippen LogP contribution in [0.3, 0.4) is 0 Å². The van der Waals surface area contributed by atoms with Crippen molar-refractivity contribution < 1.29 is 14.0 Å². The molecule has 1 aromatic heterocycles. The summed E-state index contributed by atoms with van der Waals surface area (Å²) in [5.41, 5.74) is 0.780. The van der Waals surface area contributed by atoms with Gasteiger partial charge in [-0.15, -0.1) is 0 Å². The molecule has 4 nitrogen and oxygen atoms in total. The van der Waals surface area contributed by atoms with Crippen molar-refractivity contribution in [2.45, 2.75) is 6.42 Å². The van der Waals surface area contributed by atoms with E-state index in [0.29, 0.717) is 10.0 Å². The van der Waals surface area contributed by atoms with Gasteiger partial charge in [0.1, 0.15) is 5.82 Å². The molecule has 2 aromatic rings. The molecule has 22 heavy (non-hydrogen) atoms. The number of hydrogen-bond acceptors (Lipinski definition) is 3. The van der Waals surface area contributed by atoms with Crippen LogP contribution in [0.25, 0.3) is 0 Å². The van der Waals surface area contributed by atoms with Gasteiger partial charge < -0.3 is 10.2 Å². The summed E-state index contributed by atoms with van der Waals surface area (Å²) >= 11 is 4.60. The highest BCUT2D eigenvalue weighted by Gasteiger charge is 2.15. The molecule has 0 atom stereocenters. The molecular weight excluding hydrogens is 371 g/mol. The van der Waals surface area contributed by atoms with E-state index < -0.39 is 5.82 Å². The van der Waals surface area contributed by atoms with Gasteiger partial charge in [-0.1, -0.05) is 15.9 Å². The average Bonchev–Trinajstić information content (AvgIpc) is 3.00. The number of amides is 2. The van der Waals surface area contributed by atoms with Crippen LogP contribution in [0.15, 0.2) is 39.5 Å². The summed E-state index contributed by atoms with van der Waals surface area (Å²) in [6, 6.07) is 6.21. The summed E-state index contributed by atoms with van der Waals surface area (Å²) in [4.78, 5) is 25.0. The van der Waals surface area contributed by atoms with Gasteiger partial charge in [-0.2, -0.15) is 11.3 Å².